The van der Waals surface area contributed by atoms with E-state index in [1.54, 1.807) is 6.26 Å². The van der Waals surface area contributed by atoms with E-state index in [0.717, 1.165) is 26.9 Å². The van der Waals surface area contributed by atoms with Gasteiger partial charge in [-0.15, -0.1) is 5.10 Å². The number of nitrogens with two attached hydrogens (primary N) is 1. The molecule has 2 aromatic heterocycles. The van der Waals surface area contributed by atoms with Crippen molar-refractivity contribution in [2.24, 2.45) is 5.73 Å². The molecule has 3 heterocycles. The highest BCUT2D eigenvalue weighted by molar-refractivity contribution is 9.10. The van der Waals surface area contributed by atoms with Gasteiger partial charge in [0.05, 0.1) is 23.4 Å². The van der Waals surface area contributed by atoms with Gasteiger partial charge in [0.1, 0.15) is 17.4 Å². The number of ether oxygens (including phenoxy) is 1. The zero-order valence-electron chi connectivity index (χ0n) is 14.4. The molecule has 0 amide bonds. The maximum atomic E-state index is 9.71. The Kier molecular flexibility index (Phi) is 4.34. The highest BCUT2D eigenvalue weighted by atomic mass is 79.9. The molecule has 0 fully saturated rings. The summed E-state index contributed by atoms with van der Waals surface area (Å²) in [5, 5.41) is 17.0. The van der Waals surface area contributed by atoms with Gasteiger partial charge in [0, 0.05) is 10.0 Å². The monoisotopic (exact) mass is 422 g/mol. The third kappa shape index (κ3) is 3.04. The van der Waals surface area contributed by atoms with Gasteiger partial charge in [-0.1, -0.05) is 33.6 Å². The maximum Gasteiger partial charge on any atom is 0.244 e. The van der Waals surface area contributed by atoms with Gasteiger partial charge in [0.2, 0.25) is 11.8 Å². The number of nitriles is 1. The van der Waals surface area contributed by atoms with Gasteiger partial charge < -0.3 is 14.9 Å². The van der Waals surface area contributed by atoms with Crippen LogP contribution in [0.15, 0.2) is 68.6 Å². The number of hydrogen-bond acceptors (Lipinski definition) is 5. The number of allylic oxidation sites excluding steroid dienone is 2. The first kappa shape index (κ1) is 17.2. The first-order chi connectivity index (χ1) is 13.1. The fourth-order valence-corrected chi connectivity index (χ4v) is 3.48. The maximum absolute atomic E-state index is 9.71. The lowest BCUT2D eigenvalue weighted by molar-refractivity contribution is 0.378. The first-order valence-corrected chi connectivity index (χ1v) is 9.01. The van der Waals surface area contributed by atoms with E-state index in [0.29, 0.717) is 17.2 Å². The largest absolute Gasteiger partial charge is 0.465 e. The number of furan rings is 1. The molecular formula is C20H15BrN4O2. The molecule has 1 aromatic carbocycles. The normalized spacial score (nSPS) is 16.6. The van der Waals surface area contributed by atoms with E-state index in [-0.39, 0.29) is 11.8 Å². The van der Waals surface area contributed by atoms with Gasteiger partial charge in [0.15, 0.2) is 0 Å². The molecule has 6 nitrogen and oxygen atoms in total. The molecule has 0 aliphatic carbocycles. The molecule has 0 spiro atoms. The lowest BCUT2D eigenvalue weighted by Crippen LogP contribution is -2.20. The standard InChI is InChI=1S/C20H15BrN4O2/c1-11(9-14-3-2-8-26-14)16-15(10-22)19(23)27-20-17(16)18(24-25-20)12-4-6-13(21)7-5-12/h2-9,16H,23H2,1H3,(H,24,25)/b11-9+/t16-/m0/s1. The van der Waals surface area contributed by atoms with E-state index < -0.39 is 0 Å². The Balaban J connectivity index is 1.89. The van der Waals surface area contributed by atoms with E-state index in [1.807, 2.05) is 49.4 Å². The van der Waals surface area contributed by atoms with Crippen LogP contribution in [0.4, 0.5) is 0 Å². The van der Waals surface area contributed by atoms with Crippen LogP contribution in [0.25, 0.3) is 17.3 Å². The minimum atomic E-state index is -0.388. The summed E-state index contributed by atoms with van der Waals surface area (Å²) in [6.45, 7) is 1.94. The van der Waals surface area contributed by atoms with Gasteiger partial charge in [0.25, 0.3) is 0 Å². The molecule has 1 aliphatic rings. The molecule has 1 aliphatic heterocycles. The SMILES string of the molecule is C/C(=C\c1ccco1)[C@H]1C(C#N)=C(N)Oc2n[nH]c(-c3ccc(Br)cc3)c21. The molecule has 3 aromatic rings. The number of aromatic nitrogens is 2. The van der Waals surface area contributed by atoms with Crippen molar-refractivity contribution < 1.29 is 9.15 Å². The molecule has 0 saturated heterocycles. The number of nitrogens with zero attached hydrogens (tertiary/aromatic N) is 2. The van der Waals surface area contributed by atoms with Gasteiger partial charge in [-0.05, 0) is 37.3 Å². The molecule has 134 valence electrons. The second kappa shape index (κ2) is 6.82. The Morgan fingerprint density at radius 1 is 1.33 bits per heavy atom. The van der Waals surface area contributed by atoms with Crippen molar-refractivity contribution >= 4 is 22.0 Å². The smallest absolute Gasteiger partial charge is 0.244 e. The minimum absolute atomic E-state index is 0.0658. The van der Waals surface area contributed by atoms with Gasteiger partial charge >= 0.3 is 0 Å². The zero-order chi connectivity index (χ0) is 19.0. The summed E-state index contributed by atoms with van der Waals surface area (Å²) in [6.07, 6.45) is 3.50. The summed E-state index contributed by atoms with van der Waals surface area (Å²) in [6, 6.07) is 13.7. The summed E-state index contributed by atoms with van der Waals surface area (Å²) in [4.78, 5) is 0. The predicted molar refractivity (Wildman–Crippen MR) is 104 cm³/mol. The van der Waals surface area contributed by atoms with Crippen LogP contribution in [0, 0.1) is 11.3 Å². The fraction of sp³-hybridized carbons (Fsp3) is 0.100. The van der Waals surface area contributed by atoms with Gasteiger partial charge in [-0.2, -0.15) is 5.26 Å². The van der Waals surface area contributed by atoms with Crippen LogP contribution >= 0.6 is 15.9 Å². The van der Waals surface area contributed by atoms with E-state index in [9.17, 15) is 5.26 Å². The van der Waals surface area contributed by atoms with Gasteiger partial charge in [-0.25, -0.2) is 0 Å². The van der Waals surface area contributed by atoms with Crippen molar-refractivity contribution in [1.82, 2.24) is 10.2 Å². The number of fused-ring (bicyclic) bond motifs is 1. The van der Waals surface area contributed by atoms with Crippen molar-refractivity contribution in [3.05, 3.63) is 75.5 Å². The van der Waals surface area contributed by atoms with E-state index in [1.165, 1.54) is 0 Å². The average Bonchev–Trinajstić information content (AvgIpc) is 3.31. The lowest BCUT2D eigenvalue weighted by atomic mass is 9.83. The molecule has 1 atom stereocenters. The van der Waals surface area contributed by atoms with Gasteiger partial charge in [-0.3, -0.25) is 5.10 Å². The van der Waals surface area contributed by atoms with Crippen molar-refractivity contribution in [3.63, 3.8) is 0 Å². The molecule has 7 heteroatoms. The van der Waals surface area contributed by atoms with Crippen LogP contribution in [-0.2, 0) is 0 Å². The van der Waals surface area contributed by atoms with E-state index in [2.05, 4.69) is 32.2 Å². The predicted octanol–water partition coefficient (Wildman–Crippen LogP) is 4.71. The Hall–Kier alpha value is -3.24. The molecular weight excluding hydrogens is 408 g/mol. The Bertz CT molecular complexity index is 1090. The van der Waals surface area contributed by atoms with E-state index in [4.69, 9.17) is 14.9 Å². The quantitative estimate of drug-likeness (QED) is 0.636. The number of benzene rings is 1. The van der Waals surface area contributed by atoms with Crippen LogP contribution in [0.2, 0.25) is 0 Å². The number of rotatable bonds is 3. The zero-order valence-corrected chi connectivity index (χ0v) is 15.9. The summed E-state index contributed by atoms with van der Waals surface area (Å²) < 4.78 is 12.0. The minimum Gasteiger partial charge on any atom is -0.465 e. The molecule has 3 N–H and O–H groups in total. The molecule has 27 heavy (non-hydrogen) atoms. The molecule has 0 unspecified atom stereocenters. The third-order valence-corrected chi connectivity index (χ3v) is 4.97. The molecule has 0 radical (unpaired) electrons. The molecule has 0 bridgehead atoms. The van der Waals surface area contributed by atoms with Crippen LogP contribution in [0.1, 0.15) is 24.2 Å². The third-order valence-electron chi connectivity index (χ3n) is 4.44. The summed E-state index contributed by atoms with van der Waals surface area (Å²) >= 11 is 3.44. The highest BCUT2D eigenvalue weighted by Gasteiger charge is 2.35. The Morgan fingerprint density at radius 3 is 2.78 bits per heavy atom. The number of halogens is 1. The first-order valence-electron chi connectivity index (χ1n) is 8.22. The van der Waals surface area contributed by atoms with Crippen LogP contribution < -0.4 is 10.5 Å². The highest BCUT2D eigenvalue weighted by Crippen LogP contribution is 2.46. The average molecular weight is 423 g/mol. The Labute approximate surface area is 164 Å². The number of aromatic amines is 1. The van der Waals surface area contributed by atoms with Crippen LogP contribution in [0.5, 0.6) is 5.88 Å². The number of hydrogen-bond donors (Lipinski definition) is 2. The lowest BCUT2D eigenvalue weighted by Gasteiger charge is -2.24. The fourth-order valence-electron chi connectivity index (χ4n) is 3.22. The summed E-state index contributed by atoms with van der Waals surface area (Å²) in [5.74, 6) is 0.754. The molecule has 4 rings (SSSR count). The van der Waals surface area contributed by atoms with Crippen LogP contribution in [-0.4, -0.2) is 10.2 Å². The number of nitrogens with one attached hydrogen (secondary N) is 1. The second-order valence-electron chi connectivity index (χ2n) is 6.15. The number of H-pyrrole nitrogens is 1. The summed E-state index contributed by atoms with van der Waals surface area (Å²) in [5.41, 5.74) is 9.75. The second-order valence-corrected chi connectivity index (χ2v) is 7.07. The van der Waals surface area contributed by atoms with E-state index >= 15 is 0 Å². The topological polar surface area (TPSA) is 101 Å². The van der Waals surface area contributed by atoms with Crippen molar-refractivity contribution in [3.8, 4) is 23.2 Å². The van der Waals surface area contributed by atoms with Crippen molar-refractivity contribution in [2.45, 2.75) is 12.8 Å². The van der Waals surface area contributed by atoms with Crippen LogP contribution in [0.3, 0.4) is 0 Å². The van der Waals surface area contributed by atoms with Crippen molar-refractivity contribution in [2.75, 3.05) is 0 Å². The Morgan fingerprint density at radius 2 is 2.11 bits per heavy atom. The molecule has 0 saturated carbocycles. The van der Waals surface area contributed by atoms with Crippen molar-refractivity contribution in [1.29, 1.82) is 5.26 Å². The summed E-state index contributed by atoms with van der Waals surface area (Å²) in [7, 11) is 0.